The Balaban J connectivity index is 2.64. The van der Waals surface area contributed by atoms with E-state index in [1.807, 2.05) is 27.7 Å². The minimum absolute atomic E-state index is 0.0848. The van der Waals surface area contributed by atoms with Crippen LogP contribution in [0.1, 0.15) is 40.5 Å². The number of piperidine rings is 1. The molecule has 0 aromatic rings. The zero-order valence-electron chi connectivity index (χ0n) is 11.3. The molecule has 0 aromatic heterocycles. The van der Waals surface area contributed by atoms with E-state index in [0.29, 0.717) is 6.54 Å². The van der Waals surface area contributed by atoms with Crippen molar-refractivity contribution in [3.05, 3.63) is 12.7 Å². The summed E-state index contributed by atoms with van der Waals surface area (Å²) in [6, 6.07) is 0.0848. The number of likely N-dealkylation sites (tertiary alicyclic amines) is 1. The Bertz CT molecular complexity index is 309. The summed E-state index contributed by atoms with van der Waals surface area (Å²) in [7, 11) is 0. The maximum absolute atomic E-state index is 12.0. The Labute approximate surface area is 104 Å². The average molecular weight is 240 g/mol. The zero-order chi connectivity index (χ0) is 13.3. The first-order valence-electron chi connectivity index (χ1n) is 6.09. The maximum atomic E-state index is 12.0. The second-order valence-corrected chi connectivity index (χ2v) is 5.91. The van der Waals surface area contributed by atoms with Crippen molar-refractivity contribution in [3.8, 4) is 0 Å². The van der Waals surface area contributed by atoms with Gasteiger partial charge >= 0.3 is 6.09 Å². The molecule has 1 rings (SSSR count). The van der Waals surface area contributed by atoms with Gasteiger partial charge in [-0.05, 0) is 40.5 Å². The first-order chi connectivity index (χ1) is 7.67. The maximum Gasteiger partial charge on any atom is 0.410 e. The number of hydrogen-bond acceptors (Lipinski definition) is 3. The lowest BCUT2D eigenvalue weighted by molar-refractivity contribution is 0.00757. The van der Waals surface area contributed by atoms with Crippen LogP contribution in [0.4, 0.5) is 4.79 Å². The summed E-state index contributed by atoms with van der Waals surface area (Å²) in [5.74, 6) is 0. The molecule has 0 radical (unpaired) electrons. The number of nitrogens with two attached hydrogens (primary N) is 1. The molecule has 2 atom stereocenters. The largest absolute Gasteiger partial charge is 0.444 e. The highest BCUT2D eigenvalue weighted by atomic mass is 16.6. The highest BCUT2D eigenvalue weighted by Gasteiger charge is 2.36. The molecule has 2 unspecified atom stereocenters. The van der Waals surface area contributed by atoms with Gasteiger partial charge in [-0.1, -0.05) is 6.08 Å². The molecule has 1 amide bonds. The van der Waals surface area contributed by atoms with Gasteiger partial charge in [-0.3, -0.25) is 0 Å². The predicted molar refractivity (Wildman–Crippen MR) is 68.8 cm³/mol. The monoisotopic (exact) mass is 240 g/mol. The lowest BCUT2D eigenvalue weighted by Gasteiger charge is -2.42. The van der Waals surface area contributed by atoms with Crippen LogP contribution in [0.15, 0.2) is 12.7 Å². The van der Waals surface area contributed by atoms with Crippen molar-refractivity contribution >= 4 is 6.09 Å². The van der Waals surface area contributed by atoms with Crippen LogP contribution in [0.3, 0.4) is 0 Å². The first kappa shape index (κ1) is 14.0. The number of hydrogen-bond donors (Lipinski definition) is 1. The van der Waals surface area contributed by atoms with Crippen LogP contribution in [0.2, 0.25) is 0 Å². The molecule has 1 saturated heterocycles. The van der Waals surface area contributed by atoms with E-state index in [4.69, 9.17) is 10.5 Å². The van der Waals surface area contributed by atoms with Gasteiger partial charge in [-0.2, -0.15) is 0 Å². The molecule has 0 aromatic carbocycles. The molecule has 1 aliphatic rings. The van der Waals surface area contributed by atoms with E-state index in [1.165, 1.54) is 0 Å². The Morgan fingerprint density at radius 1 is 1.59 bits per heavy atom. The minimum atomic E-state index is -0.452. The summed E-state index contributed by atoms with van der Waals surface area (Å²) in [5, 5.41) is 0. The van der Waals surface area contributed by atoms with Crippen LogP contribution in [-0.4, -0.2) is 34.7 Å². The SMILES string of the molecule is C=CC1(N)CCN(C(=O)OC(C)(C)C)C(C)C1. The van der Waals surface area contributed by atoms with Gasteiger partial charge in [-0.15, -0.1) is 6.58 Å². The molecule has 0 saturated carbocycles. The highest BCUT2D eigenvalue weighted by Crippen LogP contribution is 2.26. The number of rotatable bonds is 1. The first-order valence-corrected chi connectivity index (χ1v) is 6.09. The molecular weight excluding hydrogens is 216 g/mol. The van der Waals surface area contributed by atoms with Gasteiger partial charge in [0.05, 0.1) is 0 Å². The van der Waals surface area contributed by atoms with Crippen molar-refractivity contribution in [1.29, 1.82) is 0 Å². The molecule has 98 valence electrons. The molecule has 1 fully saturated rings. The summed E-state index contributed by atoms with van der Waals surface area (Å²) in [6.45, 7) is 12.0. The van der Waals surface area contributed by atoms with E-state index in [-0.39, 0.29) is 17.7 Å². The topological polar surface area (TPSA) is 55.6 Å². The van der Waals surface area contributed by atoms with Crippen molar-refractivity contribution in [1.82, 2.24) is 4.90 Å². The van der Waals surface area contributed by atoms with Crippen molar-refractivity contribution in [2.75, 3.05) is 6.54 Å². The summed E-state index contributed by atoms with van der Waals surface area (Å²) in [5.41, 5.74) is 5.34. The molecule has 17 heavy (non-hydrogen) atoms. The summed E-state index contributed by atoms with van der Waals surface area (Å²) in [4.78, 5) is 13.7. The minimum Gasteiger partial charge on any atom is -0.444 e. The standard InChI is InChI=1S/C13H24N2O2/c1-6-13(14)7-8-15(10(2)9-13)11(16)17-12(3,4)5/h6,10H,1,7-9,14H2,2-5H3. The third kappa shape index (κ3) is 3.73. The lowest BCUT2D eigenvalue weighted by Crippen LogP contribution is -2.55. The van der Waals surface area contributed by atoms with E-state index < -0.39 is 5.60 Å². The van der Waals surface area contributed by atoms with Gasteiger partial charge in [0.1, 0.15) is 5.60 Å². The molecule has 0 aliphatic carbocycles. The molecule has 1 aliphatic heterocycles. The number of ether oxygens (including phenoxy) is 1. The normalized spacial score (nSPS) is 29.9. The molecule has 1 heterocycles. The summed E-state index contributed by atoms with van der Waals surface area (Å²) >= 11 is 0. The van der Waals surface area contributed by atoms with E-state index >= 15 is 0 Å². The second-order valence-electron chi connectivity index (χ2n) is 5.91. The third-order valence-corrected chi connectivity index (χ3v) is 3.06. The quantitative estimate of drug-likeness (QED) is 0.715. The Morgan fingerprint density at radius 2 is 2.18 bits per heavy atom. The van der Waals surface area contributed by atoms with Crippen molar-refractivity contribution in [2.24, 2.45) is 5.73 Å². The van der Waals surface area contributed by atoms with Gasteiger partial charge in [0, 0.05) is 18.1 Å². The van der Waals surface area contributed by atoms with E-state index in [9.17, 15) is 4.79 Å². The van der Waals surface area contributed by atoms with E-state index in [0.717, 1.165) is 12.8 Å². The lowest BCUT2D eigenvalue weighted by atomic mass is 9.85. The number of carbonyl (C=O) groups is 1. The van der Waals surface area contributed by atoms with Crippen LogP contribution in [-0.2, 0) is 4.74 Å². The highest BCUT2D eigenvalue weighted by molar-refractivity contribution is 5.68. The average Bonchev–Trinajstić information content (AvgIpc) is 2.14. The van der Waals surface area contributed by atoms with Crippen LogP contribution < -0.4 is 5.73 Å². The molecular formula is C13H24N2O2. The molecule has 4 heteroatoms. The van der Waals surface area contributed by atoms with Crippen LogP contribution in [0.25, 0.3) is 0 Å². The van der Waals surface area contributed by atoms with Crippen LogP contribution in [0, 0.1) is 0 Å². The van der Waals surface area contributed by atoms with Crippen molar-refractivity contribution in [3.63, 3.8) is 0 Å². The van der Waals surface area contributed by atoms with Crippen molar-refractivity contribution < 1.29 is 9.53 Å². The molecule has 2 N–H and O–H groups in total. The van der Waals surface area contributed by atoms with Crippen LogP contribution in [0.5, 0.6) is 0 Å². The van der Waals surface area contributed by atoms with Gasteiger partial charge in [0.15, 0.2) is 0 Å². The fourth-order valence-corrected chi connectivity index (χ4v) is 2.09. The number of nitrogens with zero attached hydrogens (tertiary/aromatic N) is 1. The van der Waals surface area contributed by atoms with Crippen LogP contribution >= 0.6 is 0 Å². The Hall–Kier alpha value is -1.03. The summed E-state index contributed by atoms with van der Waals surface area (Å²) in [6.07, 6.45) is 3.00. The Kier molecular flexibility index (Phi) is 3.87. The summed E-state index contributed by atoms with van der Waals surface area (Å²) < 4.78 is 5.37. The molecule has 4 nitrogen and oxygen atoms in total. The van der Waals surface area contributed by atoms with E-state index in [1.54, 1.807) is 11.0 Å². The second kappa shape index (κ2) is 4.69. The predicted octanol–water partition coefficient (Wildman–Crippen LogP) is 2.29. The fourth-order valence-electron chi connectivity index (χ4n) is 2.09. The Morgan fingerprint density at radius 3 is 2.59 bits per heavy atom. The van der Waals surface area contributed by atoms with E-state index in [2.05, 4.69) is 6.58 Å². The van der Waals surface area contributed by atoms with Gasteiger partial charge in [-0.25, -0.2) is 4.79 Å². The molecule has 0 bridgehead atoms. The zero-order valence-corrected chi connectivity index (χ0v) is 11.3. The van der Waals surface area contributed by atoms with Gasteiger partial charge in [0.25, 0.3) is 0 Å². The van der Waals surface area contributed by atoms with Crippen molar-refractivity contribution in [2.45, 2.75) is 57.7 Å². The smallest absolute Gasteiger partial charge is 0.410 e. The fraction of sp³-hybridized carbons (Fsp3) is 0.769. The third-order valence-electron chi connectivity index (χ3n) is 3.06. The van der Waals surface area contributed by atoms with Gasteiger partial charge in [0.2, 0.25) is 0 Å². The number of carbonyl (C=O) groups excluding carboxylic acids is 1. The number of amides is 1. The van der Waals surface area contributed by atoms with Gasteiger partial charge < -0.3 is 15.4 Å². The molecule has 0 spiro atoms.